The first kappa shape index (κ1) is 13.4. The summed E-state index contributed by atoms with van der Waals surface area (Å²) < 4.78 is 11.5. The van der Waals surface area contributed by atoms with Crippen LogP contribution in [0.15, 0.2) is 24.3 Å². The molecule has 3 nitrogen and oxygen atoms in total. The van der Waals surface area contributed by atoms with Gasteiger partial charge in [-0.1, -0.05) is 17.7 Å². The molecule has 0 bridgehead atoms. The predicted molar refractivity (Wildman–Crippen MR) is 72.2 cm³/mol. The Balaban J connectivity index is 1.73. The zero-order chi connectivity index (χ0) is 13.0. The fourth-order valence-corrected chi connectivity index (χ4v) is 2.54. The summed E-state index contributed by atoms with van der Waals surface area (Å²) >= 11 is 0. The van der Waals surface area contributed by atoms with Crippen molar-refractivity contribution in [3.63, 3.8) is 0 Å². The summed E-state index contributed by atoms with van der Waals surface area (Å²) in [5, 5.41) is 0. The number of benzene rings is 1. The summed E-state index contributed by atoms with van der Waals surface area (Å²) in [6.45, 7) is 10.4. The Hall–Kier alpha value is -1.06. The summed E-state index contributed by atoms with van der Waals surface area (Å²) in [5.41, 5.74) is 1.27. The first-order valence-electron chi connectivity index (χ1n) is 6.82. The number of aryl methyl sites for hydroxylation is 1. The van der Waals surface area contributed by atoms with Gasteiger partial charge in [0, 0.05) is 0 Å². The van der Waals surface area contributed by atoms with Crippen LogP contribution in [0.3, 0.4) is 0 Å². The molecular weight excluding hydrogens is 226 g/mol. The van der Waals surface area contributed by atoms with Gasteiger partial charge in [0.25, 0.3) is 0 Å². The van der Waals surface area contributed by atoms with E-state index in [4.69, 9.17) is 9.47 Å². The molecule has 0 saturated carbocycles. The highest BCUT2D eigenvalue weighted by atomic mass is 16.5. The maximum absolute atomic E-state index is 5.77. The van der Waals surface area contributed by atoms with Crippen LogP contribution in [0.1, 0.15) is 19.4 Å². The maximum Gasteiger partial charge on any atom is 0.137 e. The van der Waals surface area contributed by atoms with Gasteiger partial charge in [0.2, 0.25) is 0 Å². The minimum Gasteiger partial charge on any atom is -0.488 e. The lowest BCUT2D eigenvalue weighted by Gasteiger charge is -2.32. The zero-order valence-corrected chi connectivity index (χ0v) is 11.6. The van der Waals surface area contributed by atoms with Gasteiger partial charge in [0.15, 0.2) is 0 Å². The molecule has 2 atom stereocenters. The van der Waals surface area contributed by atoms with Crippen LogP contribution in [0.4, 0.5) is 0 Å². The second-order valence-electron chi connectivity index (χ2n) is 5.33. The van der Waals surface area contributed by atoms with E-state index in [-0.39, 0.29) is 0 Å². The molecule has 1 saturated heterocycles. The number of rotatable bonds is 4. The van der Waals surface area contributed by atoms with Gasteiger partial charge in [0.05, 0.1) is 0 Å². The van der Waals surface area contributed by atoms with E-state index < -0.39 is 0 Å². The van der Waals surface area contributed by atoms with Crippen molar-refractivity contribution in [3.8, 4) is 5.75 Å². The topological polar surface area (TPSA) is 22.9 Å². The molecule has 1 aromatic rings. The lowest BCUT2D eigenvalue weighted by atomic mass is 10.2. The molecule has 1 aromatic carbocycles. The third-order valence-corrected chi connectivity index (χ3v) is 3.36. The van der Waals surface area contributed by atoms with Gasteiger partial charge in [-0.15, -0.1) is 0 Å². The Morgan fingerprint density at radius 1 is 1.17 bits per heavy atom. The molecule has 1 aliphatic rings. The van der Waals surface area contributed by atoms with E-state index in [2.05, 4.69) is 32.9 Å². The normalized spacial score (nSPS) is 28.1. The summed E-state index contributed by atoms with van der Waals surface area (Å²) in [6, 6.07) is 8.24. The number of hydrogen-bond donors (Lipinski definition) is 1. The number of hydrogen-bond acceptors (Lipinski definition) is 2. The minimum absolute atomic E-state index is 0.364. The van der Waals surface area contributed by atoms with Gasteiger partial charge in [0.1, 0.15) is 44.2 Å². The van der Waals surface area contributed by atoms with Crippen molar-refractivity contribution in [2.45, 2.75) is 33.0 Å². The van der Waals surface area contributed by atoms with Crippen LogP contribution >= 0.6 is 0 Å². The lowest BCUT2D eigenvalue weighted by molar-refractivity contribution is -0.915. The molecule has 1 heterocycles. The SMILES string of the molecule is Cc1ccc(OCC[NH+]2C[C@@H](C)O[C@H](C)C2)cc1. The van der Waals surface area contributed by atoms with Gasteiger partial charge in [-0.2, -0.15) is 0 Å². The van der Waals surface area contributed by atoms with Crippen molar-refractivity contribution < 1.29 is 14.4 Å². The Labute approximate surface area is 110 Å². The molecule has 18 heavy (non-hydrogen) atoms. The van der Waals surface area contributed by atoms with Crippen molar-refractivity contribution in [1.29, 1.82) is 0 Å². The molecule has 1 fully saturated rings. The summed E-state index contributed by atoms with van der Waals surface area (Å²) in [6.07, 6.45) is 0.728. The quantitative estimate of drug-likeness (QED) is 0.864. The van der Waals surface area contributed by atoms with Crippen molar-refractivity contribution in [2.75, 3.05) is 26.2 Å². The average Bonchev–Trinajstić information content (AvgIpc) is 2.30. The van der Waals surface area contributed by atoms with E-state index in [1.807, 2.05) is 12.1 Å². The van der Waals surface area contributed by atoms with Crippen LogP contribution in [0.2, 0.25) is 0 Å². The largest absolute Gasteiger partial charge is 0.488 e. The third-order valence-electron chi connectivity index (χ3n) is 3.36. The first-order valence-corrected chi connectivity index (χ1v) is 6.82. The van der Waals surface area contributed by atoms with E-state index in [9.17, 15) is 0 Å². The highest BCUT2D eigenvalue weighted by molar-refractivity contribution is 5.26. The second-order valence-corrected chi connectivity index (χ2v) is 5.33. The van der Waals surface area contributed by atoms with Gasteiger partial charge < -0.3 is 14.4 Å². The van der Waals surface area contributed by atoms with E-state index in [0.29, 0.717) is 12.2 Å². The molecule has 0 unspecified atom stereocenters. The van der Waals surface area contributed by atoms with E-state index in [1.165, 1.54) is 5.56 Å². The summed E-state index contributed by atoms with van der Waals surface area (Å²) in [5.74, 6) is 0.967. The van der Waals surface area contributed by atoms with Crippen LogP contribution in [0, 0.1) is 6.92 Å². The number of nitrogens with one attached hydrogen (secondary N) is 1. The molecule has 0 amide bonds. The van der Waals surface area contributed by atoms with Crippen LogP contribution < -0.4 is 9.64 Å². The Bertz CT molecular complexity index is 353. The van der Waals surface area contributed by atoms with Crippen LogP contribution in [0.25, 0.3) is 0 Å². The monoisotopic (exact) mass is 250 g/mol. The van der Waals surface area contributed by atoms with Crippen molar-refractivity contribution >= 4 is 0 Å². The van der Waals surface area contributed by atoms with Crippen LogP contribution in [-0.2, 0) is 4.74 Å². The summed E-state index contributed by atoms with van der Waals surface area (Å²) in [4.78, 5) is 1.58. The average molecular weight is 250 g/mol. The summed E-state index contributed by atoms with van der Waals surface area (Å²) in [7, 11) is 0. The molecule has 3 heteroatoms. The Kier molecular flexibility index (Phi) is 4.61. The van der Waals surface area contributed by atoms with Crippen LogP contribution in [0.5, 0.6) is 5.75 Å². The maximum atomic E-state index is 5.77. The molecule has 0 aromatic heterocycles. The van der Waals surface area contributed by atoms with Gasteiger partial charge in [-0.25, -0.2) is 0 Å². The van der Waals surface area contributed by atoms with Crippen LogP contribution in [-0.4, -0.2) is 38.4 Å². The molecule has 1 N–H and O–H groups in total. The van der Waals surface area contributed by atoms with E-state index in [0.717, 1.165) is 32.0 Å². The first-order chi connectivity index (χ1) is 8.63. The standard InChI is InChI=1S/C15H23NO2/c1-12-4-6-15(7-5-12)17-9-8-16-10-13(2)18-14(3)11-16/h4-7,13-14H,8-11H2,1-3H3/p+1/t13-,14-/m1/s1. The zero-order valence-electron chi connectivity index (χ0n) is 11.6. The molecular formula is C15H24NO2+. The molecule has 0 spiro atoms. The highest BCUT2D eigenvalue weighted by Gasteiger charge is 2.25. The van der Waals surface area contributed by atoms with Gasteiger partial charge in [-0.3, -0.25) is 0 Å². The number of ether oxygens (including phenoxy) is 2. The smallest absolute Gasteiger partial charge is 0.137 e. The number of morpholine rings is 1. The molecule has 0 radical (unpaired) electrons. The fourth-order valence-electron chi connectivity index (χ4n) is 2.54. The molecule has 1 aliphatic heterocycles. The van der Waals surface area contributed by atoms with E-state index >= 15 is 0 Å². The fraction of sp³-hybridized carbons (Fsp3) is 0.600. The molecule has 2 rings (SSSR count). The highest BCUT2D eigenvalue weighted by Crippen LogP contribution is 2.10. The Morgan fingerprint density at radius 3 is 2.39 bits per heavy atom. The predicted octanol–water partition coefficient (Wildman–Crippen LogP) is 1.07. The Morgan fingerprint density at radius 2 is 1.78 bits per heavy atom. The van der Waals surface area contributed by atoms with Crippen molar-refractivity contribution in [2.24, 2.45) is 0 Å². The lowest BCUT2D eigenvalue weighted by Crippen LogP contribution is -3.16. The third kappa shape index (κ3) is 4.00. The van der Waals surface area contributed by atoms with Crippen molar-refractivity contribution in [1.82, 2.24) is 0 Å². The van der Waals surface area contributed by atoms with Gasteiger partial charge >= 0.3 is 0 Å². The van der Waals surface area contributed by atoms with Gasteiger partial charge in [-0.05, 0) is 32.9 Å². The second kappa shape index (κ2) is 6.21. The molecule has 0 aliphatic carbocycles. The molecule has 100 valence electrons. The van der Waals surface area contributed by atoms with E-state index in [1.54, 1.807) is 4.90 Å². The van der Waals surface area contributed by atoms with Crippen molar-refractivity contribution in [3.05, 3.63) is 29.8 Å². The minimum atomic E-state index is 0.364. The number of quaternary nitrogens is 1.